The molecule has 2 aromatic rings. The van der Waals surface area contributed by atoms with Crippen molar-refractivity contribution < 1.29 is 0 Å². The Balaban J connectivity index is 2.30. The maximum absolute atomic E-state index is 3.80. The van der Waals surface area contributed by atoms with Crippen molar-refractivity contribution >= 4 is 87.8 Å². The van der Waals surface area contributed by atoms with Crippen molar-refractivity contribution in [2.45, 2.75) is 32.4 Å². The van der Waals surface area contributed by atoms with E-state index in [2.05, 4.69) is 93.7 Å². The van der Waals surface area contributed by atoms with Gasteiger partial charge in [-0.15, -0.1) is 34.4 Å². The summed E-state index contributed by atoms with van der Waals surface area (Å²) in [5, 5.41) is 0. The normalized spacial score (nSPS) is 16.8. The molecule has 0 N–H and O–H groups in total. The smallest absolute Gasteiger partial charge is 0.0513 e. The molecule has 0 aliphatic carbocycles. The Bertz CT molecular complexity index is 789. The van der Waals surface area contributed by atoms with Gasteiger partial charge in [0.2, 0.25) is 0 Å². The molecule has 0 bridgehead atoms. The fourth-order valence-electron chi connectivity index (χ4n) is 2.50. The van der Waals surface area contributed by atoms with Gasteiger partial charge in [0, 0.05) is 38.4 Å². The van der Waals surface area contributed by atoms with Crippen molar-refractivity contribution in [3.8, 4) is 0 Å². The molecule has 0 fully saturated rings. The number of aryl methyl sites for hydroxylation is 2. The molecule has 3 heterocycles. The molecule has 0 nitrogen and oxygen atoms in total. The van der Waals surface area contributed by atoms with Crippen LogP contribution in [0.3, 0.4) is 0 Å². The first-order valence-corrected chi connectivity index (χ1v) is 11.9. The maximum Gasteiger partial charge on any atom is 0.0513 e. The fraction of sp³-hybridized carbons (Fsp3) is 0.294. The van der Waals surface area contributed by atoms with E-state index in [1.807, 2.05) is 34.4 Å². The molecule has 122 valence electrons. The molecule has 3 rings (SSSR count). The number of allylic oxidation sites excluding steroid dienone is 1. The molecule has 0 unspecified atom stereocenters. The standard InChI is InChI=1S/C17H15Br3S3/c1-8-5-10(18)14(21-8)13(15-11(19)6-9(2)22-15)16-12(20)7-17(3,4)23-16/h5-7H,1-4H3. The summed E-state index contributed by atoms with van der Waals surface area (Å²) in [5.74, 6) is 0. The summed E-state index contributed by atoms with van der Waals surface area (Å²) in [6, 6.07) is 4.41. The number of thiophene rings is 2. The number of thioether (sulfide) groups is 1. The SMILES string of the molecule is Cc1cc(Br)c(C(=C2SC(C)(C)C=C2Br)c2sc(C)cc2Br)s1. The van der Waals surface area contributed by atoms with Crippen LogP contribution in [-0.2, 0) is 0 Å². The van der Waals surface area contributed by atoms with E-state index in [-0.39, 0.29) is 4.75 Å². The molecule has 1 aliphatic rings. The van der Waals surface area contributed by atoms with Crippen LogP contribution in [0, 0.1) is 13.8 Å². The lowest BCUT2D eigenvalue weighted by Gasteiger charge is -2.16. The van der Waals surface area contributed by atoms with Crippen LogP contribution in [-0.4, -0.2) is 4.75 Å². The Morgan fingerprint density at radius 3 is 1.70 bits per heavy atom. The lowest BCUT2D eigenvalue weighted by atomic mass is 10.1. The minimum absolute atomic E-state index is 0.108. The van der Waals surface area contributed by atoms with Crippen LogP contribution in [0.1, 0.15) is 33.4 Å². The second-order valence-corrected chi connectivity index (χ2v) is 12.7. The second kappa shape index (κ2) is 6.76. The molecule has 0 aromatic carbocycles. The third kappa shape index (κ3) is 3.77. The third-order valence-corrected chi connectivity index (χ3v) is 9.43. The highest BCUT2D eigenvalue weighted by Gasteiger charge is 2.32. The van der Waals surface area contributed by atoms with Crippen molar-refractivity contribution in [1.82, 2.24) is 0 Å². The van der Waals surface area contributed by atoms with Crippen molar-refractivity contribution in [2.24, 2.45) is 0 Å². The molecule has 0 radical (unpaired) electrons. The van der Waals surface area contributed by atoms with Crippen LogP contribution in [0.15, 0.2) is 36.5 Å². The molecule has 0 saturated carbocycles. The van der Waals surface area contributed by atoms with E-state index in [0.29, 0.717) is 0 Å². The monoisotopic (exact) mass is 552 g/mol. The quantitative estimate of drug-likeness (QED) is 0.358. The van der Waals surface area contributed by atoms with E-state index in [9.17, 15) is 0 Å². The van der Waals surface area contributed by atoms with Crippen LogP contribution in [0.4, 0.5) is 0 Å². The highest BCUT2D eigenvalue weighted by molar-refractivity contribution is 9.12. The van der Waals surface area contributed by atoms with Gasteiger partial charge in [0.05, 0.1) is 9.75 Å². The van der Waals surface area contributed by atoms with Gasteiger partial charge in [0.1, 0.15) is 0 Å². The van der Waals surface area contributed by atoms with Gasteiger partial charge in [-0.2, -0.15) is 0 Å². The maximum atomic E-state index is 3.80. The van der Waals surface area contributed by atoms with Crippen molar-refractivity contribution in [1.29, 1.82) is 0 Å². The molecule has 0 atom stereocenters. The Kier molecular flexibility index (Phi) is 5.43. The van der Waals surface area contributed by atoms with Gasteiger partial charge in [-0.05, 0) is 87.6 Å². The average molecular weight is 555 g/mol. The van der Waals surface area contributed by atoms with Gasteiger partial charge < -0.3 is 0 Å². The van der Waals surface area contributed by atoms with E-state index < -0.39 is 0 Å². The first-order valence-electron chi connectivity index (χ1n) is 7.02. The summed E-state index contributed by atoms with van der Waals surface area (Å²) in [6.07, 6.45) is 2.30. The second-order valence-electron chi connectivity index (χ2n) is 5.97. The first-order chi connectivity index (χ1) is 10.7. The van der Waals surface area contributed by atoms with E-state index in [0.717, 1.165) is 0 Å². The Morgan fingerprint density at radius 2 is 1.39 bits per heavy atom. The Morgan fingerprint density at radius 1 is 0.913 bits per heavy atom. The van der Waals surface area contributed by atoms with Crippen molar-refractivity contribution in [2.75, 3.05) is 0 Å². The third-order valence-electron chi connectivity index (χ3n) is 3.36. The lowest BCUT2D eigenvalue weighted by Crippen LogP contribution is -2.05. The summed E-state index contributed by atoms with van der Waals surface area (Å²) in [4.78, 5) is 6.56. The van der Waals surface area contributed by atoms with Gasteiger partial charge in [0.25, 0.3) is 0 Å². The number of halogens is 3. The van der Waals surface area contributed by atoms with E-state index in [1.165, 1.54) is 43.4 Å². The number of rotatable bonds is 2. The van der Waals surface area contributed by atoms with Crippen LogP contribution >= 0.6 is 82.2 Å². The minimum atomic E-state index is 0.108. The molecular formula is C17H15Br3S3. The highest BCUT2D eigenvalue weighted by atomic mass is 79.9. The van der Waals surface area contributed by atoms with Gasteiger partial charge in [-0.3, -0.25) is 0 Å². The fourth-order valence-corrected chi connectivity index (χ4v) is 8.82. The van der Waals surface area contributed by atoms with Crippen LogP contribution in [0.5, 0.6) is 0 Å². The summed E-state index contributed by atoms with van der Waals surface area (Å²) in [7, 11) is 0. The largest absolute Gasteiger partial charge is 0.139 e. The Labute approximate surface area is 174 Å². The van der Waals surface area contributed by atoms with Gasteiger partial charge >= 0.3 is 0 Å². The summed E-state index contributed by atoms with van der Waals surface area (Å²) >= 11 is 16.9. The predicted octanol–water partition coefficient (Wildman–Crippen LogP) is 8.52. The summed E-state index contributed by atoms with van der Waals surface area (Å²) in [6.45, 7) is 8.83. The minimum Gasteiger partial charge on any atom is -0.139 e. The molecule has 0 amide bonds. The summed E-state index contributed by atoms with van der Waals surface area (Å²) in [5.41, 5.74) is 1.32. The van der Waals surface area contributed by atoms with Crippen LogP contribution in [0.2, 0.25) is 0 Å². The van der Waals surface area contributed by atoms with Gasteiger partial charge in [0.15, 0.2) is 0 Å². The van der Waals surface area contributed by atoms with Crippen LogP contribution in [0.25, 0.3) is 5.57 Å². The lowest BCUT2D eigenvalue weighted by molar-refractivity contribution is 0.911. The van der Waals surface area contributed by atoms with E-state index in [1.54, 1.807) is 0 Å². The summed E-state index contributed by atoms with van der Waals surface area (Å²) < 4.78 is 3.65. The molecule has 2 aromatic heterocycles. The predicted molar refractivity (Wildman–Crippen MR) is 118 cm³/mol. The van der Waals surface area contributed by atoms with Crippen molar-refractivity contribution in [3.63, 3.8) is 0 Å². The molecule has 6 heteroatoms. The zero-order valence-electron chi connectivity index (χ0n) is 13.1. The molecule has 1 aliphatic heterocycles. The first kappa shape index (κ1) is 18.5. The topological polar surface area (TPSA) is 0 Å². The highest BCUT2D eigenvalue weighted by Crippen LogP contribution is 2.54. The number of hydrogen-bond acceptors (Lipinski definition) is 3. The van der Waals surface area contributed by atoms with Gasteiger partial charge in [-0.25, -0.2) is 0 Å². The van der Waals surface area contributed by atoms with Gasteiger partial charge in [-0.1, -0.05) is 6.08 Å². The van der Waals surface area contributed by atoms with E-state index >= 15 is 0 Å². The molecule has 0 spiro atoms. The van der Waals surface area contributed by atoms with Crippen molar-refractivity contribution in [3.05, 3.63) is 56.1 Å². The zero-order valence-corrected chi connectivity index (χ0v) is 20.3. The zero-order chi connectivity index (χ0) is 16.9. The Hall–Kier alpha value is 0.670. The molecule has 23 heavy (non-hydrogen) atoms. The van der Waals surface area contributed by atoms with E-state index in [4.69, 9.17) is 0 Å². The molecular weight excluding hydrogens is 540 g/mol. The van der Waals surface area contributed by atoms with Crippen LogP contribution < -0.4 is 0 Å². The molecule has 0 saturated heterocycles. The number of hydrogen-bond donors (Lipinski definition) is 0. The average Bonchev–Trinajstić information content (AvgIpc) is 2.99.